The molecule has 0 bridgehead atoms. The average molecular weight is 530 g/mol. The van der Waals surface area contributed by atoms with Gasteiger partial charge in [0.25, 0.3) is 5.91 Å². The molecule has 2 amide bonds. The van der Waals surface area contributed by atoms with Gasteiger partial charge in [-0.15, -0.1) is 0 Å². The lowest BCUT2D eigenvalue weighted by Crippen LogP contribution is -2.49. The summed E-state index contributed by atoms with van der Waals surface area (Å²) in [7, 11) is 0. The minimum absolute atomic E-state index is 0.191. The first kappa shape index (κ1) is 26.7. The van der Waals surface area contributed by atoms with Crippen molar-refractivity contribution in [1.29, 1.82) is 0 Å². The monoisotopic (exact) mass is 529 g/mol. The van der Waals surface area contributed by atoms with Crippen molar-refractivity contribution in [3.8, 4) is 5.88 Å². The number of anilines is 1. The molecule has 2 aliphatic rings. The van der Waals surface area contributed by atoms with Gasteiger partial charge in [-0.3, -0.25) is 24.6 Å². The van der Waals surface area contributed by atoms with Crippen LogP contribution in [0.1, 0.15) is 47.8 Å². The van der Waals surface area contributed by atoms with Gasteiger partial charge in [0.05, 0.1) is 17.6 Å². The number of carbonyl (C=O) groups excluding carboxylic acids is 2. The molecule has 2 aliphatic heterocycles. The number of rotatable bonds is 7. The molecule has 2 saturated heterocycles. The lowest BCUT2D eigenvalue weighted by molar-refractivity contribution is 0.102. The first-order valence-electron chi connectivity index (χ1n) is 13.6. The maximum Gasteiger partial charge on any atom is 0.416 e. The second kappa shape index (κ2) is 12.8. The van der Waals surface area contributed by atoms with Crippen LogP contribution in [0, 0.1) is 0 Å². The van der Waals surface area contributed by atoms with E-state index >= 15 is 0 Å². The molecule has 0 radical (unpaired) electrons. The fraction of sp³-hybridized carbons (Fsp3) is 0.414. The van der Waals surface area contributed by atoms with Crippen molar-refractivity contribution in [1.82, 2.24) is 29.7 Å². The first-order chi connectivity index (χ1) is 19.0. The van der Waals surface area contributed by atoms with Crippen LogP contribution in [0.15, 0.2) is 61.2 Å². The normalized spacial score (nSPS) is 18.5. The minimum atomic E-state index is -0.433. The predicted octanol–water partition coefficient (Wildman–Crippen LogP) is 3.81. The summed E-state index contributed by atoms with van der Waals surface area (Å²) in [4.78, 5) is 44.3. The molecule has 5 rings (SSSR count). The summed E-state index contributed by atoms with van der Waals surface area (Å²) < 4.78 is 5.45. The number of pyridine rings is 1. The van der Waals surface area contributed by atoms with Crippen LogP contribution >= 0.6 is 0 Å². The number of ether oxygens (including phenoxy) is 1. The van der Waals surface area contributed by atoms with E-state index in [1.807, 2.05) is 24.3 Å². The van der Waals surface area contributed by atoms with Crippen LogP contribution < -0.4 is 10.1 Å². The Balaban J connectivity index is 1.07. The molecule has 10 nitrogen and oxygen atoms in total. The summed E-state index contributed by atoms with van der Waals surface area (Å²) in [5.41, 5.74) is 3.23. The van der Waals surface area contributed by atoms with Gasteiger partial charge in [-0.1, -0.05) is 18.6 Å². The molecular formula is C29H35N7O3. The van der Waals surface area contributed by atoms with Crippen LogP contribution in [0.5, 0.6) is 5.88 Å². The molecule has 0 aliphatic carbocycles. The maximum absolute atomic E-state index is 12.7. The molecule has 4 heterocycles. The summed E-state index contributed by atoms with van der Waals surface area (Å²) in [6, 6.07) is 11.6. The zero-order valence-corrected chi connectivity index (χ0v) is 22.3. The molecule has 204 valence electrons. The minimum Gasteiger partial charge on any atom is -0.391 e. The molecule has 2 aromatic heterocycles. The number of hydrogen-bond donors (Lipinski definition) is 1. The van der Waals surface area contributed by atoms with E-state index in [0.717, 1.165) is 31.9 Å². The quantitative estimate of drug-likeness (QED) is 0.493. The molecule has 0 saturated carbocycles. The third kappa shape index (κ3) is 7.36. The van der Waals surface area contributed by atoms with E-state index in [0.29, 0.717) is 36.9 Å². The number of piperidine rings is 1. The highest BCUT2D eigenvalue weighted by Gasteiger charge is 2.23. The van der Waals surface area contributed by atoms with Gasteiger partial charge in [-0.05, 0) is 50.1 Å². The van der Waals surface area contributed by atoms with Crippen LogP contribution in [0.4, 0.5) is 10.5 Å². The molecule has 1 N–H and O–H groups in total. The van der Waals surface area contributed by atoms with Crippen LogP contribution in [-0.2, 0) is 13.1 Å². The Morgan fingerprint density at radius 3 is 2.44 bits per heavy atom. The Kier molecular flexibility index (Phi) is 8.75. The van der Waals surface area contributed by atoms with E-state index in [-0.39, 0.29) is 11.8 Å². The van der Waals surface area contributed by atoms with Crippen molar-refractivity contribution in [3.05, 3.63) is 78.0 Å². The van der Waals surface area contributed by atoms with Crippen molar-refractivity contribution in [2.75, 3.05) is 38.0 Å². The van der Waals surface area contributed by atoms with Gasteiger partial charge in [0.1, 0.15) is 0 Å². The molecule has 3 aromatic rings. The van der Waals surface area contributed by atoms with Gasteiger partial charge < -0.3 is 15.0 Å². The molecule has 10 heteroatoms. The highest BCUT2D eigenvalue weighted by molar-refractivity contribution is 6.04. The number of nitrogens with zero attached hydrogens (tertiary/aromatic N) is 6. The van der Waals surface area contributed by atoms with Gasteiger partial charge in [0.2, 0.25) is 5.88 Å². The van der Waals surface area contributed by atoms with E-state index in [1.165, 1.54) is 31.0 Å². The van der Waals surface area contributed by atoms with E-state index in [2.05, 4.69) is 37.0 Å². The zero-order chi connectivity index (χ0) is 27.0. The maximum atomic E-state index is 12.7. The molecular weight excluding hydrogens is 494 g/mol. The number of benzene rings is 1. The molecule has 1 unspecified atom stereocenters. The Morgan fingerprint density at radius 2 is 1.74 bits per heavy atom. The predicted molar refractivity (Wildman–Crippen MR) is 147 cm³/mol. The molecule has 2 fully saturated rings. The van der Waals surface area contributed by atoms with Crippen LogP contribution in [0.3, 0.4) is 0 Å². The number of piperazine rings is 1. The summed E-state index contributed by atoms with van der Waals surface area (Å²) in [5.74, 6) is -0.0185. The smallest absolute Gasteiger partial charge is 0.391 e. The number of hydrogen-bond acceptors (Lipinski definition) is 8. The van der Waals surface area contributed by atoms with Crippen molar-refractivity contribution in [2.45, 2.75) is 45.3 Å². The van der Waals surface area contributed by atoms with Gasteiger partial charge in [0, 0.05) is 75.5 Å². The lowest BCUT2D eigenvalue weighted by atomic mass is 10.0. The third-order valence-electron chi connectivity index (χ3n) is 7.36. The fourth-order valence-electron chi connectivity index (χ4n) is 4.99. The number of carbonyl (C=O) groups is 2. The van der Waals surface area contributed by atoms with Crippen LogP contribution in [0.2, 0.25) is 0 Å². The van der Waals surface area contributed by atoms with Crippen LogP contribution in [0.25, 0.3) is 0 Å². The molecule has 39 heavy (non-hydrogen) atoms. The van der Waals surface area contributed by atoms with Gasteiger partial charge >= 0.3 is 6.09 Å². The van der Waals surface area contributed by atoms with Gasteiger partial charge in [-0.2, -0.15) is 0 Å². The van der Waals surface area contributed by atoms with Crippen molar-refractivity contribution >= 4 is 17.7 Å². The van der Waals surface area contributed by atoms with Crippen molar-refractivity contribution in [2.24, 2.45) is 0 Å². The van der Waals surface area contributed by atoms with E-state index in [1.54, 1.807) is 35.6 Å². The number of aromatic nitrogens is 3. The number of nitrogens with one attached hydrogen (secondary N) is 1. The molecule has 1 aromatic carbocycles. The van der Waals surface area contributed by atoms with Crippen molar-refractivity contribution < 1.29 is 14.3 Å². The summed E-state index contributed by atoms with van der Waals surface area (Å²) in [6.07, 6.45) is 9.95. The summed E-state index contributed by atoms with van der Waals surface area (Å²) in [6.45, 7) is 7.59. The highest BCUT2D eigenvalue weighted by Crippen LogP contribution is 2.20. The highest BCUT2D eigenvalue weighted by atomic mass is 16.6. The molecule has 1 atom stereocenters. The topological polar surface area (TPSA) is 104 Å². The standard InChI is InChI=1S/C29H35N7O3/c1-22-4-2-3-13-36(22)20-23-5-7-24(8-6-23)28(37)33-25-9-10-27(32-19-25)39-29(38)35-16-14-34(15-17-35)21-26-18-30-11-12-31-26/h5-12,18-19,22H,2-4,13-17,20-21H2,1H3,(H,33,37). The molecule has 0 spiro atoms. The number of amides is 2. The Bertz CT molecular complexity index is 1230. The summed E-state index contributed by atoms with van der Waals surface area (Å²) in [5, 5.41) is 2.86. The second-order valence-corrected chi connectivity index (χ2v) is 10.2. The summed E-state index contributed by atoms with van der Waals surface area (Å²) >= 11 is 0. The van der Waals surface area contributed by atoms with Gasteiger partial charge in [-0.25, -0.2) is 9.78 Å². The lowest BCUT2D eigenvalue weighted by Gasteiger charge is -2.33. The second-order valence-electron chi connectivity index (χ2n) is 10.2. The van der Waals surface area contributed by atoms with E-state index in [4.69, 9.17) is 4.74 Å². The average Bonchev–Trinajstić information content (AvgIpc) is 2.96. The van der Waals surface area contributed by atoms with E-state index in [9.17, 15) is 9.59 Å². The van der Waals surface area contributed by atoms with E-state index < -0.39 is 6.09 Å². The Labute approximate surface area is 229 Å². The Morgan fingerprint density at radius 1 is 0.923 bits per heavy atom. The zero-order valence-electron chi connectivity index (χ0n) is 22.3. The Hall–Kier alpha value is -3.89. The largest absolute Gasteiger partial charge is 0.416 e. The van der Waals surface area contributed by atoms with Crippen molar-refractivity contribution in [3.63, 3.8) is 0 Å². The van der Waals surface area contributed by atoms with Gasteiger partial charge in [0.15, 0.2) is 0 Å². The fourth-order valence-corrected chi connectivity index (χ4v) is 4.99. The third-order valence-corrected chi connectivity index (χ3v) is 7.36. The first-order valence-corrected chi connectivity index (χ1v) is 13.6. The number of likely N-dealkylation sites (tertiary alicyclic amines) is 1. The van der Waals surface area contributed by atoms with Crippen LogP contribution in [-0.4, -0.2) is 80.4 Å². The SMILES string of the molecule is CC1CCCCN1Cc1ccc(C(=O)Nc2ccc(OC(=O)N3CCN(Cc4cnccn4)CC3)nc2)cc1.